The molecule has 0 bridgehead atoms. The molecule has 10 heteroatoms. The third-order valence-corrected chi connectivity index (χ3v) is 6.85. The van der Waals surface area contributed by atoms with E-state index in [-0.39, 0.29) is 17.4 Å². The van der Waals surface area contributed by atoms with Crippen LogP contribution in [0.2, 0.25) is 0 Å². The minimum atomic E-state index is -0.438. The lowest BCUT2D eigenvalue weighted by Crippen LogP contribution is -2.04. The maximum atomic E-state index is 11.8. The minimum absolute atomic E-state index is 0.0828. The Labute approximate surface area is 216 Å². The van der Waals surface area contributed by atoms with Gasteiger partial charge in [0.05, 0.1) is 27.3 Å². The van der Waals surface area contributed by atoms with Crippen molar-refractivity contribution in [3.8, 4) is 34.5 Å². The quantitative estimate of drug-likeness (QED) is 0.183. The van der Waals surface area contributed by atoms with E-state index in [1.165, 1.54) is 17.4 Å². The summed E-state index contributed by atoms with van der Waals surface area (Å²) in [4.78, 5) is 26.2. The zero-order chi connectivity index (χ0) is 25.9. The maximum Gasteiger partial charge on any atom is 0.280 e. The third-order valence-electron chi connectivity index (χ3n) is 5.77. The van der Waals surface area contributed by atoms with E-state index >= 15 is 0 Å². The molecule has 9 nitrogen and oxygen atoms in total. The fourth-order valence-electron chi connectivity index (χ4n) is 4.19. The number of pyridine rings is 1. The molecule has 184 valence electrons. The van der Waals surface area contributed by atoms with Gasteiger partial charge < -0.3 is 10.1 Å². The zero-order valence-corrected chi connectivity index (χ0v) is 21.0. The summed E-state index contributed by atoms with van der Waals surface area (Å²) < 4.78 is 6.53. The highest BCUT2D eigenvalue weighted by Crippen LogP contribution is 2.45. The summed E-state index contributed by atoms with van der Waals surface area (Å²) >= 11 is 1.40. The van der Waals surface area contributed by atoms with Gasteiger partial charge in [0.2, 0.25) is 5.88 Å². The van der Waals surface area contributed by atoms with Gasteiger partial charge in [0.25, 0.3) is 5.69 Å². The molecule has 1 N–H and O–H groups in total. The topological polar surface area (TPSA) is 127 Å². The number of hydrogen-bond acceptors (Lipinski definition) is 9. The highest BCUT2D eigenvalue weighted by Gasteiger charge is 2.26. The Bertz CT molecular complexity index is 1680. The van der Waals surface area contributed by atoms with Gasteiger partial charge in [-0.3, -0.25) is 10.1 Å². The normalized spacial score (nSPS) is 10.9. The lowest BCUT2D eigenvalue weighted by molar-refractivity contribution is -0.384. The van der Waals surface area contributed by atoms with Crippen molar-refractivity contribution in [1.82, 2.24) is 15.0 Å². The Balaban J connectivity index is 1.93. The minimum Gasteiger partial charge on any atom is -0.477 e. The lowest BCUT2D eigenvalue weighted by Gasteiger charge is -2.12. The second-order valence-corrected chi connectivity index (χ2v) is 9.13. The predicted molar refractivity (Wildman–Crippen MR) is 145 cm³/mol. The van der Waals surface area contributed by atoms with Crippen molar-refractivity contribution in [3.63, 3.8) is 0 Å². The summed E-state index contributed by atoms with van der Waals surface area (Å²) in [6.07, 6.45) is 0.859. The molecule has 3 heterocycles. The number of rotatable bonds is 8. The van der Waals surface area contributed by atoms with Gasteiger partial charge in [0, 0.05) is 23.6 Å². The average Bonchev–Trinajstić information content (AvgIpc) is 3.29. The van der Waals surface area contributed by atoms with Gasteiger partial charge in [-0.05, 0) is 25.0 Å². The number of anilines is 1. The van der Waals surface area contributed by atoms with E-state index in [9.17, 15) is 15.4 Å². The number of thiophene rings is 1. The Kier molecular flexibility index (Phi) is 6.62. The summed E-state index contributed by atoms with van der Waals surface area (Å²) in [6, 6.07) is 18.3. The van der Waals surface area contributed by atoms with E-state index < -0.39 is 4.92 Å². The van der Waals surface area contributed by atoms with Crippen LogP contribution < -0.4 is 10.1 Å². The van der Waals surface area contributed by atoms with Gasteiger partial charge in [-0.15, -0.1) is 11.3 Å². The van der Waals surface area contributed by atoms with Crippen LogP contribution >= 0.6 is 11.3 Å². The highest BCUT2D eigenvalue weighted by atomic mass is 32.1. The Hall–Kier alpha value is -4.62. The number of nitriles is 1. The Morgan fingerprint density at radius 3 is 2.54 bits per heavy atom. The van der Waals surface area contributed by atoms with Crippen molar-refractivity contribution in [2.24, 2.45) is 0 Å². The number of nitro benzene ring substituents is 1. The summed E-state index contributed by atoms with van der Waals surface area (Å²) in [7, 11) is 0. The number of para-hydroxylation sites is 1. The van der Waals surface area contributed by atoms with Crippen LogP contribution in [-0.2, 0) is 0 Å². The van der Waals surface area contributed by atoms with Gasteiger partial charge in [-0.1, -0.05) is 49.4 Å². The standard InChI is InChI=1S/C27H22N6O3S/c1-3-14-29-25-23-22(30-24(31-25)17-12-8-9-13-19(17)33(34)35)21-20(16-10-6-5-7-11-16)18(15-28)26(36-4-2)32-27(21)37-23/h5-13H,3-4,14H2,1-2H3,(H,29,30,31). The molecule has 5 rings (SSSR count). The Morgan fingerprint density at radius 2 is 1.84 bits per heavy atom. The number of benzene rings is 2. The fraction of sp³-hybridized carbons (Fsp3) is 0.185. The van der Waals surface area contributed by atoms with Crippen molar-refractivity contribution in [2.45, 2.75) is 20.3 Å². The van der Waals surface area contributed by atoms with Crippen LogP contribution in [-0.4, -0.2) is 33.0 Å². The molecule has 0 aliphatic heterocycles. The predicted octanol–water partition coefficient (Wildman–Crippen LogP) is 6.57. The van der Waals surface area contributed by atoms with Crippen LogP contribution in [0.15, 0.2) is 54.6 Å². The monoisotopic (exact) mass is 510 g/mol. The van der Waals surface area contributed by atoms with Gasteiger partial charge in [-0.2, -0.15) is 5.26 Å². The number of hydrogen-bond donors (Lipinski definition) is 1. The summed E-state index contributed by atoms with van der Waals surface area (Å²) in [5.41, 5.74) is 2.61. The SMILES string of the molecule is CCCNc1nc(-c2ccccc2[N+](=O)[O-])nc2c1sc1nc(OCC)c(C#N)c(-c3ccccc3)c12. The molecule has 5 aromatic rings. The van der Waals surface area contributed by atoms with Crippen LogP contribution in [0.25, 0.3) is 42.9 Å². The van der Waals surface area contributed by atoms with Crippen LogP contribution in [0.5, 0.6) is 5.88 Å². The largest absolute Gasteiger partial charge is 0.477 e. The van der Waals surface area contributed by atoms with Crippen LogP contribution in [0.3, 0.4) is 0 Å². The Morgan fingerprint density at radius 1 is 1.08 bits per heavy atom. The van der Waals surface area contributed by atoms with Crippen molar-refractivity contribution in [1.29, 1.82) is 5.26 Å². The number of fused-ring (bicyclic) bond motifs is 3. The first kappa shape index (κ1) is 24.1. The van der Waals surface area contributed by atoms with Crippen LogP contribution in [0.4, 0.5) is 11.5 Å². The number of nitro groups is 1. The van der Waals surface area contributed by atoms with E-state index in [0.29, 0.717) is 51.4 Å². The molecule has 0 amide bonds. The van der Waals surface area contributed by atoms with E-state index in [1.807, 2.05) is 44.2 Å². The summed E-state index contributed by atoms with van der Waals surface area (Å²) in [5.74, 6) is 1.06. The van der Waals surface area contributed by atoms with Gasteiger partial charge in [0.1, 0.15) is 22.3 Å². The highest BCUT2D eigenvalue weighted by molar-refractivity contribution is 7.26. The molecule has 0 spiro atoms. The molecule has 2 aromatic carbocycles. The average molecular weight is 511 g/mol. The molecule has 0 saturated carbocycles. The van der Waals surface area contributed by atoms with Gasteiger partial charge >= 0.3 is 0 Å². The van der Waals surface area contributed by atoms with Crippen molar-refractivity contribution in [2.75, 3.05) is 18.5 Å². The number of aromatic nitrogens is 3. The van der Waals surface area contributed by atoms with Crippen LogP contribution in [0.1, 0.15) is 25.8 Å². The lowest BCUT2D eigenvalue weighted by atomic mass is 9.98. The molecule has 0 saturated heterocycles. The van der Waals surface area contributed by atoms with Gasteiger partial charge in [0.15, 0.2) is 5.82 Å². The smallest absolute Gasteiger partial charge is 0.280 e. The second-order valence-electron chi connectivity index (χ2n) is 8.13. The van der Waals surface area contributed by atoms with E-state index in [0.717, 1.165) is 16.7 Å². The molecular weight excluding hydrogens is 488 g/mol. The van der Waals surface area contributed by atoms with Gasteiger partial charge in [-0.25, -0.2) is 15.0 Å². The van der Waals surface area contributed by atoms with E-state index in [4.69, 9.17) is 19.7 Å². The third kappa shape index (κ3) is 4.30. The van der Waals surface area contributed by atoms with Crippen LogP contribution in [0, 0.1) is 21.4 Å². The molecule has 0 unspecified atom stereocenters. The molecular formula is C27H22N6O3S. The molecule has 0 fully saturated rings. The molecule has 0 radical (unpaired) electrons. The van der Waals surface area contributed by atoms with Crippen molar-refractivity contribution >= 4 is 43.3 Å². The van der Waals surface area contributed by atoms with E-state index in [2.05, 4.69) is 11.4 Å². The maximum absolute atomic E-state index is 11.8. The molecule has 0 atom stereocenters. The molecule has 0 aliphatic carbocycles. The number of nitrogens with zero attached hydrogens (tertiary/aromatic N) is 5. The first-order valence-corrected chi connectivity index (χ1v) is 12.6. The fourth-order valence-corrected chi connectivity index (χ4v) is 5.28. The zero-order valence-electron chi connectivity index (χ0n) is 20.2. The van der Waals surface area contributed by atoms with E-state index in [1.54, 1.807) is 18.2 Å². The first-order chi connectivity index (χ1) is 18.1. The molecule has 3 aromatic heterocycles. The second kappa shape index (κ2) is 10.2. The number of ether oxygens (including phenoxy) is 1. The molecule has 37 heavy (non-hydrogen) atoms. The number of nitrogens with one attached hydrogen (secondary N) is 1. The van der Waals surface area contributed by atoms with Crippen molar-refractivity contribution in [3.05, 3.63) is 70.3 Å². The first-order valence-electron chi connectivity index (χ1n) is 11.8. The summed E-state index contributed by atoms with van der Waals surface area (Å²) in [5, 5.41) is 26.0. The van der Waals surface area contributed by atoms with Crippen molar-refractivity contribution < 1.29 is 9.66 Å². The molecule has 0 aliphatic rings. The summed E-state index contributed by atoms with van der Waals surface area (Å²) in [6.45, 7) is 4.90.